The molecule has 1 aromatic rings. The zero-order valence-electron chi connectivity index (χ0n) is 14.4. The van der Waals surface area contributed by atoms with Crippen molar-refractivity contribution in [3.63, 3.8) is 0 Å². The molecule has 0 saturated heterocycles. The largest absolute Gasteiger partial charge is 0.377 e. The Balaban J connectivity index is 1.93. The van der Waals surface area contributed by atoms with Crippen molar-refractivity contribution in [2.45, 2.75) is 64.6 Å². The van der Waals surface area contributed by atoms with Gasteiger partial charge in [0.25, 0.3) is 0 Å². The first-order chi connectivity index (χ1) is 11.0. The molecule has 1 aromatic carbocycles. The molecule has 0 aliphatic heterocycles. The average molecular weight is 318 g/mol. The van der Waals surface area contributed by atoms with Crippen LogP contribution in [0.1, 0.15) is 57.1 Å². The fourth-order valence-electron chi connectivity index (χ4n) is 3.29. The molecule has 2 atom stereocenters. The molecule has 1 aliphatic rings. The normalized spacial score (nSPS) is 24.4. The van der Waals surface area contributed by atoms with E-state index < -0.39 is 0 Å². The Bertz CT molecular complexity index is 514. The van der Waals surface area contributed by atoms with Crippen LogP contribution in [0.5, 0.6) is 0 Å². The van der Waals surface area contributed by atoms with E-state index in [4.69, 9.17) is 10.5 Å². The summed E-state index contributed by atoms with van der Waals surface area (Å²) in [5.74, 6) is -0.00117. The maximum absolute atomic E-state index is 12.5. The van der Waals surface area contributed by atoms with Gasteiger partial charge >= 0.3 is 0 Å². The van der Waals surface area contributed by atoms with Gasteiger partial charge in [-0.05, 0) is 37.3 Å². The number of ether oxygens (including phenoxy) is 1. The van der Waals surface area contributed by atoms with Gasteiger partial charge in [-0.25, -0.2) is 0 Å². The average Bonchev–Trinajstić information content (AvgIpc) is 2.53. The molecule has 1 saturated carbocycles. The van der Waals surface area contributed by atoms with Gasteiger partial charge in [-0.2, -0.15) is 0 Å². The molecule has 1 amide bonds. The molecule has 3 N–H and O–H groups in total. The second-order valence-corrected chi connectivity index (χ2v) is 6.84. The van der Waals surface area contributed by atoms with Crippen molar-refractivity contribution in [3.05, 3.63) is 35.4 Å². The van der Waals surface area contributed by atoms with Crippen LogP contribution in [0, 0.1) is 5.92 Å². The van der Waals surface area contributed by atoms with Gasteiger partial charge in [0.05, 0.1) is 12.5 Å². The number of carbonyl (C=O) groups is 1. The van der Waals surface area contributed by atoms with Crippen LogP contribution in [-0.2, 0) is 22.7 Å². The molecule has 0 aromatic heterocycles. The van der Waals surface area contributed by atoms with E-state index in [2.05, 4.69) is 18.3 Å². The van der Waals surface area contributed by atoms with Crippen LogP contribution in [-0.4, -0.2) is 18.1 Å². The van der Waals surface area contributed by atoms with E-state index in [0.29, 0.717) is 13.2 Å². The number of nitrogens with two attached hydrogens (primary N) is 1. The minimum absolute atomic E-state index is 0.0824. The highest BCUT2D eigenvalue weighted by Gasteiger charge is 2.37. The van der Waals surface area contributed by atoms with E-state index in [9.17, 15) is 4.79 Å². The van der Waals surface area contributed by atoms with Crippen molar-refractivity contribution in [1.29, 1.82) is 0 Å². The van der Waals surface area contributed by atoms with Crippen molar-refractivity contribution in [2.24, 2.45) is 11.7 Å². The molecule has 4 heteroatoms. The first-order valence-corrected chi connectivity index (χ1v) is 8.75. The molecule has 4 nitrogen and oxygen atoms in total. The Labute approximate surface area is 139 Å². The highest BCUT2D eigenvalue weighted by atomic mass is 16.5. The molecule has 23 heavy (non-hydrogen) atoms. The van der Waals surface area contributed by atoms with E-state index in [1.54, 1.807) is 0 Å². The summed E-state index contributed by atoms with van der Waals surface area (Å²) in [6.07, 6.45) is 5.03. The fraction of sp³-hybridized carbons (Fsp3) is 0.632. The predicted molar refractivity (Wildman–Crippen MR) is 92.8 cm³/mol. The standard InChI is InChI=1S/C19H30N2O2/c1-3-12-23-14-16-9-5-4-8-15(16)13-21-18(22)17-10-6-7-11-19(17,2)20/h4-5,8-9,17H,3,6-7,10-14,20H2,1-2H3,(H,21,22). The van der Waals surface area contributed by atoms with E-state index in [1.807, 2.05) is 25.1 Å². The molecule has 0 bridgehead atoms. The number of hydrogen-bond donors (Lipinski definition) is 2. The lowest BCUT2D eigenvalue weighted by Crippen LogP contribution is -2.52. The van der Waals surface area contributed by atoms with Crippen molar-refractivity contribution >= 4 is 5.91 Å². The summed E-state index contributed by atoms with van der Waals surface area (Å²) < 4.78 is 5.63. The molecular weight excluding hydrogens is 288 g/mol. The van der Waals surface area contributed by atoms with Gasteiger partial charge < -0.3 is 15.8 Å². The summed E-state index contributed by atoms with van der Waals surface area (Å²) in [6, 6.07) is 8.12. The lowest BCUT2D eigenvalue weighted by molar-refractivity contribution is -0.128. The molecule has 1 aliphatic carbocycles. The van der Waals surface area contributed by atoms with Crippen LogP contribution in [0.3, 0.4) is 0 Å². The molecule has 0 radical (unpaired) electrons. The van der Waals surface area contributed by atoms with Gasteiger partial charge in [0, 0.05) is 18.7 Å². The second-order valence-electron chi connectivity index (χ2n) is 6.84. The van der Waals surface area contributed by atoms with Crippen LogP contribution in [0.15, 0.2) is 24.3 Å². The molecule has 0 heterocycles. The highest BCUT2D eigenvalue weighted by Crippen LogP contribution is 2.31. The maximum Gasteiger partial charge on any atom is 0.225 e. The Morgan fingerprint density at radius 3 is 2.78 bits per heavy atom. The summed E-state index contributed by atoms with van der Waals surface area (Å²) in [6.45, 7) is 5.99. The molecule has 2 unspecified atom stereocenters. The van der Waals surface area contributed by atoms with Gasteiger partial charge in [0.2, 0.25) is 5.91 Å². The lowest BCUT2D eigenvalue weighted by Gasteiger charge is -2.37. The number of hydrogen-bond acceptors (Lipinski definition) is 3. The SMILES string of the molecule is CCCOCc1ccccc1CNC(=O)C1CCCCC1(C)N. The van der Waals surface area contributed by atoms with Gasteiger partial charge in [0.1, 0.15) is 0 Å². The van der Waals surface area contributed by atoms with Crippen LogP contribution in [0.2, 0.25) is 0 Å². The second kappa shape index (κ2) is 8.46. The quantitative estimate of drug-likeness (QED) is 0.759. The zero-order chi connectivity index (χ0) is 16.7. The zero-order valence-corrected chi connectivity index (χ0v) is 14.4. The van der Waals surface area contributed by atoms with E-state index in [0.717, 1.165) is 49.8 Å². The Hall–Kier alpha value is -1.39. The van der Waals surface area contributed by atoms with Crippen LogP contribution in [0.4, 0.5) is 0 Å². The van der Waals surface area contributed by atoms with Crippen LogP contribution >= 0.6 is 0 Å². The van der Waals surface area contributed by atoms with Gasteiger partial charge in [0.15, 0.2) is 0 Å². The number of amides is 1. The van der Waals surface area contributed by atoms with E-state index >= 15 is 0 Å². The van der Waals surface area contributed by atoms with E-state index in [1.165, 1.54) is 0 Å². The number of nitrogens with one attached hydrogen (secondary N) is 1. The molecule has 0 spiro atoms. The summed E-state index contributed by atoms with van der Waals surface area (Å²) in [7, 11) is 0. The Kier molecular flexibility index (Phi) is 6.60. The number of carbonyl (C=O) groups excluding carboxylic acids is 1. The van der Waals surface area contributed by atoms with Gasteiger partial charge in [-0.1, -0.05) is 44.0 Å². The van der Waals surface area contributed by atoms with E-state index in [-0.39, 0.29) is 17.4 Å². The van der Waals surface area contributed by atoms with Crippen LogP contribution in [0.25, 0.3) is 0 Å². The van der Waals surface area contributed by atoms with Gasteiger partial charge in [-0.15, -0.1) is 0 Å². The Morgan fingerprint density at radius 1 is 1.35 bits per heavy atom. The minimum Gasteiger partial charge on any atom is -0.377 e. The topological polar surface area (TPSA) is 64.3 Å². The third-order valence-corrected chi connectivity index (χ3v) is 4.75. The maximum atomic E-state index is 12.5. The Morgan fingerprint density at radius 2 is 2.09 bits per heavy atom. The summed E-state index contributed by atoms with van der Waals surface area (Å²) in [5.41, 5.74) is 8.20. The third kappa shape index (κ3) is 5.05. The smallest absolute Gasteiger partial charge is 0.225 e. The monoisotopic (exact) mass is 318 g/mol. The van der Waals surface area contributed by atoms with Crippen LogP contribution < -0.4 is 11.1 Å². The number of benzene rings is 1. The summed E-state index contributed by atoms with van der Waals surface area (Å²) >= 11 is 0. The predicted octanol–water partition coefficient (Wildman–Crippen LogP) is 3.14. The molecule has 128 valence electrons. The lowest BCUT2D eigenvalue weighted by atomic mass is 9.74. The summed E-state index contributed by atoms with van der Waals surface area (Å²) in [5, 5.41) is 3.08. The van der Waals surface area contributed by atoms with Crippen molar-refractivity contribution in [2.75, 3.05) is 6.61 Å². The molecular formula is C19H30N2O2. The third-order valence-electron chi connectivity index (χ3n) is 4.75. The molecule has 1 fully saturated rings. The summed E-state index contributed by atoms with van der Waals surface area (Å²) in [4.78, 5) is 12.5. The van der Waals surface area contributed by atoms with Crippen molar-refractivity contribution in [3.8, 4) is 0 Å². The first kappa shape index (κ1) is 18.0. The number of rotatable bonds is 7. The minimum atomic E-state index is -0.383. The molecule has 2 rings (SSSR count). The van der Waals surface area contributed by atoms with Crippen molar-refractivity contribution < 1.29 is 9.53 Å². The van der Waals surface area contributed by atoms with Gasteiger partial charge in [-0.3, -0.25) is 4.79 Å². The highest BCUT2D eigenvalue weighted by molar-refractivity contribution is 5.80. The first-order valence-electron chi connectivity index (χ1n) is 8.75. The fourth-order valence-corrected chi connectivity index (χ4v) is 3.29. The van der Waals surface area contributed by atoms with Crippen molar-refractivity contribution in [1.82, 2.24) is 5.32 Å².